The van der Waals surface area contributed by atoms with E-state index >= 15 is 0 Å². The highest BCUT2D eigenvalue weighted by molar-refractivity contribution is 7.92. The van der Waals surface area contributed by atoms with Gasteiger partial charge >= 0.3 is 0 Å². The topological polar surface area (TPSA) is 105 Å². The summed E-state index contributed by atoms with van der Waals surface area (Å²) in [4.78, 5) is 11.7. The predicted octanol–water partition coefficient (Wildman–Crippen LogP) is 2.48. The molecule has 0 aromatic heterocycles. The van der Waals surface area contributed by atoms with Crippen LogP contribution in [0.2, 0.25) is 0 Å². The number of carbonyl (C=O) groups is 1. The van der Waals surface area contributed by atoms with Gasteiger partial charge < -0.3 is 15.2 Å². The van der Waals surface area contributed by atoms with Crippen molar-refractivity contribution in [3.63, 3.8) is 0 Å². The van der Waals surface area contributed by atoms with Crippen molar-refractivity contribution >= 4 is 27.3 Å². The smallest absolute Gasteiger partial charge is 0.261 e. The fraction of sp³-hybridized carbons (Fsp3) is 0.235. The molecule has 25 heavy (non-hydrogen) atoms. The van der Waals surface area contributed by atoms with E-state index in [9.17, 15) is 18.3 Å². The van der Waals surface area contributed by atoms with E-state index in [1.54, 1.807) is 12.1 Å². The summed E-state index contributed by atoms with van der Waals surface area (Å²) in [5, 5.41) is 12.4. The van der Waals surface area contributed by atoms with Crippen LogP contribution in [0.1, 0.15) is 18.4 Å². The first kappa shape index (κ1) is 17.1. The molecule has 1 heterocycles. The number of hydrogen-bond acceptors (Lipinski definition) is 5. The van der Waals surface area contributed by atoms with E-state index < -0.39 is 10.0 Å². The van der Waals surface area contributed by atoms with Crippen molar-refractivity contribution in [2.75, 3.05) is 17.1 Å². The summed E-state index contributed by atoms with van der Waals surface area (Å²) < 4.78 is 32.7. The van der Waals surface area contributed by atoms with Gasteiger partial charge in [0.25, 0.3) is 10.0 Å². The van der Waals surface area contributed by atoms with Crippen LogP contribution in [0.15, 0.2) is 41.3 Å². The number of aromatic hydroxyl groups is 1. The normalized spacial score (nSPS) is 14.2. The predicted molar refractivity (Wildman–Crippen MR) is 93.5 cm³/mol. The van der Waals surface area contributed by atoms with E-state index in [0.717, 1.165) is 5.56 Å². The van der Waals surface area contributed by atoms with E-state index in [0.29, 0.717) is 30.7 Å². The zero-order valence-corrected chi connectivity index (χ0v) is 14.4. The molecule has 0 saturated carbocycles. The molecule has 7 nitrogen and oxygen atoms in total. The van der Waals surface area contributed by atoms with Crippen molar-refractivity contribution in [1.82, 2.24) is 0 Å². The Kier molecular flexibility index (Phi) is 4.54. The number of phenolic OH excluding ortho intramolecular Hbond substituents is 1. The molecule has 8 heteroatoms. The molecule has 0 bridgehead atoms. The monoisotopic (exact) mass is 362 g/mol. The number of phenols is 1. The summed E-state index contributed by atoms with van der Waals surface area (Å²) >= 11 is 0. The highest BCUT2D eigenvalue weighted by Crippen LogP contribution is 2.29. The Hall–Kier alpha value is -2.74. The van der Waals surface area contributed by atoms with Crippen LogP contribution in [-0.4, -0.2) is 26.5 Å². The first-order valence-corrected chi connectivity index (χ1v) is 9.19. The molecule has 0 spiro atoms. The largest absolute Gasteiger partial charge is 0.508 e. The number of aryl methyl sites for hydroxylation is 1. The molecule has 1 amide bonds. The van der Waals surface area contributed by atoms with Crippen LogP contribution in [0, 0.1) is 0 Å². The summed E-state index contributed by atoms with van der Waals surface area (Å²) in [6.45, 7) is 0. The molecule has 2 aromatic carbocycles. The summed E-state index contributed by atoms with van der Waals surface area (Å²) in [6, 6.07) is 8.74. The molecule has 0 aliphatic carbocycles. The molecule has 0 fully saturated rings. The van der Waals surface area contributed by atoms with Gasteiger partial charge in [-0.2, -0.15) is 0 Å². The number of benzene rings is 2. The molecule has 132 valence electrons. The molecule has 3 N–H and O–H groups in total. The highest BCUT2D eigenvalue weighted by atomic mass is 32.2. The molecular weight excluding hydrogens is 344 g/mol. The van der Waals surface area contributed by atoms with E-state index in [4.69, 9.17) is 4.74 Å². The van der Waals surface area contributed by atoms with E-state index in [2.05, 4.69) is 10.0 Å². The number of anilines is 2. The third-order valence-corrected chi connectivity index (χ3v) is 5.27. The number of methoxy groups -OCH3 is 1. The lowest BCUT2D eigenvalue weighted by atomic mass is 10.1. The van der Waals surface area contributed by atoms with Gasteiger partial charge in [-0.1, -0.05) is 0 Å². The molecule has 2 aromatic rings. The minimum absolute atomic E-state index is 0.0701. The third-order valence-electron chi connectivity index (χ3n) is 3.89. The van der Waals surface area contributed by atoms with E-state index in [1.165, 1.54) is 31.4 Å². The summed E-state index contributed by atoms with van der Waals surface area (Å²) in [6.07, 6.45) is 1.70. The SMILES string of the molecule is COc1cc(O)cc(NS(=O)(=O)c2ccc3c(c2)CCCC(=O)N3)c1. The Morgan fingerprint density at radius 3 is 2.72 bits per heavy atom. The maximum atomic E-state index is 12.6. The maximum Gasteiger partial charge on any atom is 0.261 e. The Labute approximate surface area is 145 Å². The van der Waals surface area contributed by atoms with Gasteiger partial charge in [-0.3, -0.25) is 9.52 Å². The Balaban J connectivity index is 1.91. The summed E-state index contributed by atoms with van der Waals surface area (Å²) in [5.41, 5.74) is 1.61. The molecular formula is C17H18N2O5S. The Bertz CT molecular complexity index is 925. The second kappa shape index (κ2) is 6.64. The number of ether oxygens (including phenoxy) is 1. The highest BCUT2D eigenvalue weighted by Gasteiger charge is 2.19. The zero-order chi connectivity index (χ0) is 18.0. The van der Waals surface area contributed by atoms with Gasteiger partial charge in [0.1, 0.15) is 11.5 Å². The van der Waals surface area contributed by atoms with Gasteiger partial charge in [-0.25, -0.2) is 8.42 Å². The Morgan fingerprint density at radius 1 is 1.16 bits per heavy atom. The molecule has 0 saturated heterocycles. The first-order valence-electron chi connectivity index (χ1n) is 7.71. The van der Waals surface area contributed by atoms with Gasteiger partial charge in [-0.15, -0.1) is 0 Å². The fourth-order valence-corrected chi connectivity index (χ4v) is 3.78. The standard InChI is InChI=1S/C17H18N2O5S/c1-24-14-9-12(8-13(20)10-14)19-25(22,23)15-5-6-16-11(7-15)3-2-4-17(21)18-16/h5-10,19-20H,2-4H2,1H3,(H,18,21). The van der Waals surface area contributed by atoms with Crippen LogP contribution in [-0.2, 0) is 21.2 Å². The second-order valence-corrected chi connectivity index (χ2v) is 7.43. The van der Waals surface area contributed by atoms with E-state index in [-0.39, 0.29) is 22.2 Å². The van der Waals surface area contributed by atoms with Crippen LogP contribution >= 0.6 is 0 Å². The maximum absolute atomic E-state index is 12.6. The molecule has 1 aliphatic heterocycles. The Morgan fingerprint density at radius 2 is 1.96 bits per heavy atom. The van der Waals surface area contributed by atoms with Crippen molar-refractivity contribution in [2.45, 2.75) is 24.2 Å². The van der Waals surface area contributed by atoms with Gasteiger partial charge in [0.15, 0.2) is 0 Å². The molecule has 0 radical (unpaired) electrons. The average molecular weight is 362 g/mol. The number of hydrogen-bond donors (Lipinski definition) is 3. The van der Waals surface area contributed by atoms with Crippen molar-refractivity contribution < 1.29 is 23.1 Å². The minimum Gasteiger partial charge on any atom is -0.508 e. The van der Waals surface area contributed by atoms with Crippen molar-refractivity contribution in [3.05, 3.63) is 42.0 Å². The number of nitrogens with one attached hydrogen (secondary N) is 2. The number of rotatable bonds is 4. The van der Waals surface area contributed by atoms with Crippen LogP contribution in [0.4, 0.5) is 11.4 Å². The van der Waals surface area contributed by atoms with Crippen molar-refractivity contribution in [3.8, 4) is 11.5 Å². The number of sulfonamides is 1. The van der Waals surface area contributed by atoms with Gasteiger partial charge in [0.2, 0.25) is 5.91 Å². The van der Waals surface area contributed by atoms with Gasteiger partial charge in [0.05, 0.1) is 17.7 Å². The number of amides is 1. The van der Waals surface area contributed by atoms with Crippen LogP contribution in [0.25, 0.3) is 0 Å². The fourth-order valence-electron chi connectivity index (χ4n) is 2.69. The lowest BCUT2D eigenvalue weighted by Crippen LogP contribution is -2.14. The second-order valence-electron chi connectivity index (χ2n) is 5.75. The number of carbonyl (C=O) groups excluding carboxylic acids is 1. The number of fused-ring (bicyclic) bond motifs is 1. The summed E-state index contributed by atoms with van der Waals surface area (Å²) in [5.74, 6) is 0.156. The van der Waals surface area contributed by atoms with Crippen LogP contribution in [0.5, 0.6) is 11.5 Å². The summed E-state index contributed by atoms with van der Waals surface area (Å²) in [7, 11) is -2.42. The molecule has 1 aliphatic rings. The zero-order valence-electron chi connectivity index (χ0n) is 13.6. The molecule has 0 atom stereocenters. The minimum atomic E-state index is -3.84. The van der Waals surface area contributed by atoms with Crippen LogP contribution < -0.4 is 14.8 Å². The first-order chi connectivity index (χ1) is 11.9. The quantitative estimate of drug-likeness (QED) is 0.775. The van der Waals surface area contributed by atoms with Crippen molar-refractivity contribution in [1.29, 1.82) is 0 Å². The third kappa shape index (κ3) is 3.85. The van der Waals surface area contributed by atoms with Crippen molar-refractivity contribution in [2.24, 2.45) is 0 Å². The van der Waals surface area contributed by atoms with E-state index in [1.807, 2.05) is 0 Å². The average Bonchev–Trinajstić information content (AvgIpc) is 2.73. The molecule has 3 rings (SSSR count). The van der Waals surface area contributed by atoms with Gasteiger partial charge in [0, 0.05) is 30.3 Å². The lowest BCUT2D eigenvalue weighted by Gasteiger charge is -2.12. The van der Waals surface area contributed by atoms with Gasteiger partial charge in [-0.05, 0) is 36.6 Å². The lowest BCUT2D eigenvalue weighted by molar-refractivity contribution is -0.116. The van der Waals surface area contributed by atoms with Crippen LogP contribution in [0.3, 0.4) is 0 Å². The molecule has 0 unspecified atom stereocenters.